The van der Waals surface area contributed by atoms with E-state index in [9.17, 15) is 9.18 Å². The van der Waals surface area contributed by atoms with Crippen LogP contribution in [0, 0.1) is 19.7 Å². The lowest BCUT2D eigenvalue weighted by atomic mass is 10.1. The van der Waals surface area contributed by atoms with E-state index in [0.717, 1.165) is 11.4 Å². The van der Waals surface area contributed by atoms with Crippen molar-refractivity contribution in [3.63, 3.8) is 0 Å². The number of benzene rings is 1. The molecule has 0 aliphatic carbocycles. The Bertz CT molecular complexity index is 946. The fourth-order valence-electron chi connectivity index (χ4n) is 3.29. The summed E-state index contributed by atoms with van der Waals surface area (Å²) in [6, 6.07) is 7.81. The second kappa shape index (κ2) is 7.79. The number of ketones is 1. The SMILES string of the molecule is COC[C@@H](C)n1c(C)cc(C(=O)Cn2nnc(-c3ccc(F)cc3)n2)c1C. The Balaban J connectivity index is 1.78. The summed E-state index contributed by atoms with van der Waals surface area (Å²) >= 11 is 0. The monoisotopic (exact) mass is 371 g/mol. The summed E-state index contributed by atoms with van der Waals surface area (Å²) in [6.07, 6.45) is 0. The maximum absolute atomic E-state index is 13.0. The Morgan fingerprint density at radius 1 is 1.26 bits per heavy atom. The zero-order chi connectivity index (χ0) is 19.6. The number of hydrogen-bond donors (Lipinski definition) is 0. The Hall–Kier alpha value is -2.87. The predicted molar refractivity (Wildman–Crippen MR) is 98.0 cm³/mol. The van der Waals surface area contributed by atoms with Gasteiger partial charge in [-0.15, -0.1) is 10.2 Å². The van der Waals surface area contributed by atoms with Crippen molar-refractivity contribution in [3.8, 4) is 11.4 Å². The maximum Gasteiger partial charge on any atom is 0.204 e. The average molecular weight is 371 g/mol. The first-order valence-corrected chi connectivity index (χ1v) is 8.65. The zero-order valence-corrected chi connectivity index (χ0v) is 15.8. The first kappa shape index (κ1) is 18.9. The fourth-order valence-corrected chi connectivity index (χ4v) is 3.29. The summed E-state index contributed by atoms with van der Waals surface area (Å²) < 4.78 is 20.3. The molecule has 0 aliphatic heterocycles. The van der Waals surface area contributed by atoms with Crippen molar-refractivity contribution in [1.29, 1.82) is 0 Å². The van der Waals surface area contributed by atoms with Gasteiger partial charge in [0.1, 0.15) is 12.4 Å². The first-order valence-electron chi connectivity index (χ1n) is 8.65. The van der Waals surface area contributed by atoms with Crippen LogP contribution in [0.3, 0.4) is 0 Å². The molecule has 2 heterocycles. The van der Waals surface area contributed by atoms with Crippen LogP contribution in [-0.4, -0.2) is 44.3 Å². The second-order valence-electron chi connectivity index (χ2n) is 6.53. The molecule has 1 aromatic carbocycles. The fraction of sp³-hybridized carbons (Fsp3) is 0.368. The van der Waals surface area contributed by atoms with Crippen molar-refractivity contribution in [2.45, 2.75) is 33.4 Å². The molecule has 7 nitrogen and oxygen atoms in total. The van der Waals surface area contributed by atoms with Crippen LogP contribution in [0.15, 0.2) is 30.3 Å². The van der Waals surface area contributed by atoms with Gasteiger partial charge in [0.15, 0.2) is 5.78 Å². The molecule has 0 N–H and O–H groups in total. The van der Waals surface area contributed by atoms with Crippen LogP contribution in [0.2, 0.25) is 0 Å². The number of aromatic nitrogens is 5. The Kier molecular flexibility index (Phi) is 5.46. The van der Waals surface area contributed by atoms with Gasteiger partial charge in [-0.25, -0.2) is 4.39 Å². The number of hydrogen-bond acceptors (Lipinski definition) is 5. The van der Waals surface area contributed by atoms with Crippen LogP contribution in [0.4, 0.5) is 4.39 Å². The van der Waals surface area contributed by atoms with Gasteiger partial charge in [0.25, 0.3) is 0 Å². The molecule has 0 bridgehead atoms. The number of halogens is 1. The molecule has 0 fully saturated rings. The van der Waals surface area contributed by atoms with Gasteiger partial charge in [0.05, 0.1) is 12.6 Å². The third-order valence-electron chi connectivity index (χ3n) is 4.47. The van der Waals surface area contributed by atoms with Gasteiger partial charge in [-0.3, -0.25) is 4.79 Å². The van der Waals surface area contributed by atoms with Crippen molar-refractivity contribution < 1.29 is 13.9 Å². The molecule has 27 heavy (non-hydrogen) atoms. The topological polar surface area (TPSA) is 74.8 Å². The van der Waals surface area contributed by atoms with Crippen molar-refractivity contribution in [3.05, 3.63) is 53.1 Å². The molecule has 0 radical (unpaired) electrons. The molecule has 0 amide bonds. The van der Waals surface area contributed by atoms with E-state index in [1.54, 1.807) is 19.2 Å². The molecule has 0 unspecified atom stereocenters. The van der Waals surface area contributed by atoms with E-state index in [4.69, 9.17) is 4.74 Å². The van der Waals surface area contributed by atoms with Gasteiger partial charge in [0, 0.05) is 29.6 Å². The molecule has 1 atom stereocenters. The highest BCUT2D eigenvalue weighted by Gasteiger charge is 2.20. The lowest BCUT2D eigenvalue weighted by Crippen LogP contribution is -2.16. The summed E-state index contributed by atoms with van der Waals surface area (Å²) in [7, 11) is 1.66. The largest absolute Gasteiger partial charge is 0.383 e. The van der Waals surface area contributed by atoms with Crippen LogP contribution >= 0.6 is 0 Å². The molecule has 0 saturated heterocycles. The zero-order valence-electron chi connectivity index (χ0n) is 15.8. The van der Waals surface area contributed by atoms with E-state index in [0.29, 0.717) is 23.6 Å². The van der Waals surface area contributed by atoms with Gasteiger partial charge in [0.2, 0.25) is 5.82 Å². The third-order valence-corrected chi connectivity index (χ3v) is 4.47. The highest BCUT2D eigenvalue weighted by atomic mass is 19.1. The van der Waals surface area contributed by atoms with Crippen LogP contribution in [-0.2, 0) is 11.3 Å². The molecular formula is C19H22FN5O2. The van der Waals surface area contributed by atoms with Gasteiger partial charge in [-0.1, -0.05) is 0 Å². The molecule has 0 aliphatic rings. The molecule has 0 saturated carbocycles. The first-order chi connectivity index (χ1) is 12.9. The molecule has 3 rings (SSSR count). The molecule has 8 heteroatoms. The lowest BCUT2D eigenvalue weighted by molar-refractivity contribution is 0.0960. The number of Topliss-reactive ketones (excluding diaryl/α,β-unsaturated/α-hetero) is 1. The molecule has 142 valence electrons. The third kappa shape index (κ3) is 3.95. The molecule has 0 spiro atoms. The molecular weight excluding hydrogens is 349 g/mol. The number of carbonyl (C=O) groups excluding carboxylic acids is 1. The van der Waals surface area contributed by atoms with Crippen molar-refractivity contribution in [2.75, 3.05) is 13.7 Å². The molecule has 2 aromatic heterocycles. The lowest BCUT2D eigenvalue weighted by Gasteiger charge is -2.17. The highest BCUT2D eigenvalue weighted by molar-refractivity contribution is 5.97. The average Bonchev–Trinajstić information content (AvgIpc) is 3.20. The van der Waals surface area contributed by atoms with Crippen molar-refractivity contribution in [2.24, 2.45) is 0 Å². The summed E-state index contributed by atoms with van der Waals surface area (Å²) in [6.45, 7) is 6.49. The van der Waals surface area contributed by atoms with Gasteiger partial charge >= 0.3 is 0 Å². The predicted octanol–water partition coefficient (Wildman–Crippen LogP) is 2.99. The smallest absolute Gasteiger partial charge is 0.204 e. The minimum atomic E-state index is -0.334. The minimum absolute atomic E-state index is 0.0167. The van der Waals surface area contributed by atoms with Crippen molar-refractivity contribution in [1.82, 2.24) is 24.8 Å². The van der Waals surface area contributed by atoms with Gasteiger partial charge in [-0.05, 0) is 56.3 Å². The summed E-state index contributed by atoms with van der Waals surface area (Å²) in [5.74, 6) is -0.0802. The number of carbonyl (C=O) groups is 1. The maximum atomic E-state index is 13.0. The Morgan fingerprint density at radius 3 is 2.63 bits per heavy atom. The van der Waals surface area contributed by atoms with E-state index in [-0.39, 0.29) is 24.2 Å². The van der Waals surface area contributed by atoms with E-state index >= 15 is 0 Å². The summed E-state index contributed by atoms with van der Waals surface area (Å²) in [5, 5.41) is 12.1. The Morgan fingerprint density at radius 2 is 1.96 bits per heavy atom. The normalized spacial score (nSPS) is 12.3. The van der Waals surface area contributed by atoms with E-state index in [1.165, 1.54) is 16.9 Å². The Labute approximate surface area is 156 Å². The van der Waals surface area contributed by atoms with Gasteiger partial charge < -0.3 is 9.30 Å². The van der Waals surface area contributed by atoms with Crippen LogP contribution in [0.1, 0.15) is 34.7 Å². The van der Waals surface area contributed by atoms with Gasteiger partial charge in [-0.2, -0.15) is 4.80 Å². The molecule has 3 aromatic rings. The quantitative estimate of drug-likeness (QED) is 0.597. The number of ether oxygens (including phenoxy) is 1. The number of rotatable bonds is 7. The van der Waals surface area contributed by atoms with E-state index < -0.39 is 0 Å². The number of methoxy groups -OCH3 is 1. The highest BCUT2D eigenvalue weighted by Crippen LogP contribution is 2.21. The number of nitrogens with zero attached hydrogens (tertiary/aromatic N) is 5. The number of tetrazole rings is 1. The summed E-state index contributed by atoms with van der Waals surface area (Å²) in [5.41, 5.74) is 3.16. The van der Waals surface area contributed by atoms with Crippen LogP contribution in [0.5, 0.6) is 0 Å². The summed E-state index contributed by atoms with van der Waals surface area (Å²) in [4.78, 5) is 14.0. The van der Waals surface area contributed by atoms with E-state index in [2.05, 4.69) is 20.0 Å². The van der Waals surface area contributed by atoms with Crippen LogP contribution in [0.25, 0.3) is 11.4 Å². The second-order valence-corrected chi connectivity index (χ2v) is 6.53. The number of aryl methyl sites for hydroxylation is 1. The van der Waals surface area contributed by atoms with E-state index in [1.807, 2.05) is 26.8 Å². The van der Waals surface area contributed by atoms with Crippen LogP contribution < -0.4 is 0 Å². The standard InChI is InChI=1S/C19H22FN5O2/c1-12-9-17(14(3)25(12)13(2)11-27-4)18(26)10-24-22-19(21-23-24)15-5-7-16(20)8-6-15/h5-9,13H,10-11H2,1-4H3/t13-/m1/s1. The van der Waals surface area contributed by atoms with Crippen molar-refractivity contribution >= 4 is 5.78 Å². The minimum Gasteiger partial charge on any atom is -0.383 e.